The van der Waals surface area contributed by atoms with E-state index in [1.165, 1.54) is 0 Å². The van der Waals surface area contributed by atoms with Crippen LogP contribution in [0.4, 0.5) is 5.69 Å². The summed E-state index contributed by atoms with van der Waals surface area (Å²) in [6.45, 7) is 0.170. The molecule has 0 aliphatic rings. The molecule has 0 saturated carbocycles. The Bertz CT molecular complexity index is 791. The Balaban J connectivity index is 1.85. The number of aldehydes is 1. The highest BCUT2D eigenvalue weighted by molar-refractivity contribution is 5.98. The van der Waals surface area contributed by atoms with Gasteiger partial charge in [-0.15, -0.1) is 0 Å². The Hall–Kier alpha value is -2.88. The minimum absolute atomic E-state index is 0.126. The van der Waals surface area contributed by atoms with Gasteiger partial charge in [-0.25, -0.2) is 0 Å². The third-order valence-electron chi connectivity index (χ3n) is 3.32. The molecule has 0 fully saturated rings. The van der Waals surface area contributed by atoms with Crippen LogP contribution in [0.25, 0.3) is 10.9 Å². The van der Waals surface area contributed by atoms with Crippen LogP contribution < -0.4 is 5.32 Å². The fourth-order valence-electron chi connectivity index (χ4n) is 2.39. The first-order valence-corrected chi connectivity index (χ1v) is 6.66. The first-order chi connectivity index (χ1) is 10.3. The second-order valence-electron chi connectivity index (χ2n) is 4.76. The molecule has 0 aliphatic carbocycles. The molecular formula is C17H14N2O2. The highest BCUT2D eigenvalue weighted by atomic mass is 16.2. The zero-order valence-corrected chi connectivity index (χ0v) is 11.3. The number of aromatic nitrogens is 1. The maximum absolute atomic E-state index is 12.1. The summed E-state index contributed by atoms with van der Waals surface area (Å²) in [6.07, 6.45) is 2.64. The van der Waals surface area contributed by atoms with Gasteiger partial charge in [0.25, 0.3) is 0 Å². The summed E-state index contributed by atoms with van der Waals surface area (Å²) < 4.78 is 1.79. The van der Waals surface area contributed by atoms with E-state index < -0.39 is 0 Å². The first kappa shape index (κ1) is 13.1. The van der Waals surface area contributed by atoms with E-state index in [9.17, 15) is 9.59 Å². The number of anilines is 1. The number of nitrogens with one attached hydrogen (secondary N) is 1. The largest absolute Gasteiger partial charge is 0.337 e. The Morgan fingerprint density at radius 1 is 1.05 bits per heavy atom. The van der Waals surface area contributed by atoms with Crippen LogP contribution in [0.15, 0.2) is 60.8 Å². The monoisotopic (exact) mass is 278 g/mol. The molecule has 3 rings (SSSR count). The van der Waals surface area contributed by atoms with Crippen LogP contribution in [-0.2, 0) is 11.3 Å². The van der Waals surface area contributed by atoms with E-state index in [4.69, 9.17) is 0 Å². The van der Waals surface area contributed by atoms with Crippen molar-refractivity contribution >= 4 is 28.8 Å². The fourth-order valence-corrected chi connectivity index (χ4v) is 2.39. The molecule has 0 atom stereocenters. The van der Waals surface area contributed by atoms with Gasteiger partial charge in [0.15, 0.2) is 6.29 Å². The minimum atomic E-state index is -0.126. The lowest BCUT2D eigenvalue weighted by Crippen LogP contribution is -2.18. The summed E-state index contributed by atoms with van der Waals surface area (Å²) >= 11 is 0. The molecule has 21 heavy (non-hydrogen) atoms. The summed E-state index contributed by atoms with van der Waals surface area (Å²) in [5, 5.41) is 3.79. The van der Waals surface area contributed by atoms with Gasteiger partial charge in [-0.2, -0.15) is 0 Å². The highest BCUT2D eigenvalue weighted by Crippen LogP contribution is 2.19. The number of fused-ring (bicyclic) bond motifs is 1. The third-order valence-corrected chi connectivity index (χ3v) is 3.32. The van der Waals surface area contributed by atoms with Crippen LogP contribution in [0.2, 0.25) is 0 Å². The lowest BCUT2D eigenvalue weighted by atomic mass is 10.1. The van der Waals surface area contributed by atoms with E-state index in [-0.39, 0.29) is 12.5 Å². The van der Waals surface area contributed by atoms with Crippen LogP contribution >= 0.6 is 0 Å². The molecule has 0 aliphatic heterocycles. The standard InChI is InChI=1S/C17H14N2O2/c20-12-14-6-4-5-13-9-10-19(17(13)14)11-16(21)18-15-7-2-1-3-8-15/h1-10,12H,11H2,(H,18,21). The lowest BCUT2D eigenvalue weighted by Gasteiger charge is -2.08. The van der Waals surface area contributed by atoms with E-state index in [2.05, 4.69) is 5.32 Å². The number of hydrogen-bond acceptors (Lipinski definition) is 2. The van der Waals surface area contributed by atoms with Gasteiger partial charge in [0.1, 0.15) is 6.54 Å². The fraction of sp³-hybridized carbons (Fsp3) is 0.0588. The van der Waals surface area contributed by atoms with Gasteiger partial charge in [0.05, 0.1) is 5.52 Å². The predicted molar refractivity (Wildman–Crippen MR) is 82.4 cm³/mol. The summed E-state index contributed by atoms with van der Waals surface area (Å²) in [5.41, 5.74) is 2.13. The Morgan fingerprint density at radius 3 is 2.62 bits per heavy atom. The van der Waals surface area contributed by atoms with Gasteiger partial charge in [0.2, 0.25) is 5.91 Å². The SMILES string of the molecule is O=Cc1cccc2ccn(CC(=O)Nc3ccccc3)c12. The molecule has 0 saturated heterocycles. The van der Waals surface area contributed by atoms with Gasteiger partial charge >= 0.3 is 0 Å². The average molecular weight is 278 g/mol. The summed E-state index contributed by atoms with van der Waals surface area (Å²) in [7, 11) is 0. The summed E-state index contributed by atoms with van der Waals surface area (Å²) in [6, 6.07) is 16.7. The lowest BCUT2D eigenvalue weighted by molar-refractivity contribution is -0.116. The molecule has 1 aromatic heterocycles. The molecule has 4 heteroatoms. The van der Waals surface area contributed by atoms with Crippen molar-refractivity contribution < 1.29 is 9.59 Å². The molecule has 0 bridgehead atoms. The van der Waals surface area contributed by atoms with Crippen molar-refractivity contribution in [1.82, 2.24) is 4.57 Å². The van der Waals surface area contributed by atoms with Crippen molar-refractivity contribution in [2.45, 2.75) is 6.54 Å². The Labute approximate surface area is 122 Å². The van der Waals surface area contributed by atoms with Crippen molar-refractivity contribution in [2.75, 3.05) is 5.32 Å². The number of nitrogens with zero attached hydrogens (tertiary/aromatic N) is 1. The molecular weight excluding hydrogens is 264 g/mol. The first-order valence-electron chi connectivity index (χ1n) is 6.66. The maximum atomic E-state index is 12.1. The molecule has 2 aromatic carbocycles. The maximum Gasteiger partial charge on any atom is 0.244 e. The highest BCUT2D eigenvalue weighted by Gasteiger charge is 2.09. The number of benzene rings is 2. The van der Waals surface area contributed by atoms with Gasteiger partial charge < -0.3 is 9.88 Å². The number of amides is 1. The molecule has 0 radical (unpaired) electrons. The second-order valence-corrected chi connectivity index (χ2v) is 4.76. The van der Waals surface area contributed by atoms with Crippen LogP contribution in [0.3, 0.4) is 0 Å². The molecule has 1 N–H and O–H groups in total. The van der Waals surface area contributed by atoms with Crippen LogP contribution in [-0.4, -0.2) is 16.8 Å². The normalized spacial score (nSPS) is 10.5. The summed E-state index contributed by atoms with van der Waals surface area (Å²) in [4.78, 5) is 23.2. The van der Waals surface area contributed by atoms with Crippen LogP contribution in [0, 0.1) is 0 Å². The van der Waals surface area contributed by atoms with Crippen molar-refractivity contribution in [3.8, 4) is 0 Å². The minimum Gasteiger partial charge on any atom is -0.337 e. The number of hydrogen-bond donors (Lipinski definition) is 1. The molecule has 104 valence electrons. The van der Waals surface area contributed by atoms with E-state index in [0.717, 1.165) is 22.9 Å². The molecule has 0 spiro atoms. The second kappa shape index (κ2) is 5.63. The van der Waals surface area contributed by atoms with Crippen molar-refractivity contribution in [3.05, 3.63) is 66.4 Å². The topological polar surface area (TPSA) is 51.1 Å². The number of rotatable bonds is 4. The Kier molecular flexibility index (Phi) is 3.51. The molecule has 1 amide bonds. The van der Waals surface area contributed by atoms with Gasteiger partial charge in [-0.1, -0.05) is 30.3 Å². The van der Waals surface area contributed by atoms with E-state index in [1.807, 2.05) is 54.7 Å². The number of para-hydroxylation sites is 2. The zero-order valence-electron chi connectivity index (χ0n) is 11.3. The molecule has 0 unspecified atom stereocenters. The third kappa shape index (κ3) is 2.69. The van der Waals surface area contributed by atoms with E-state index in [1.54, 1.807) is 10.6 Å². The number of carbonyl (C=O) groups excluding carboxylic acids is 2. The van der Waals surface area contributed by atoms with Crippen LogP contribution in [0.1, 0.15) is 10.4 Å². The van der Waals surface area contributed by atoms with Crippen molar-refractivity contribution in [2.24, 2.45) is 0 Å². The molecule has 4 nitrogen and oxygen atoms in total. The average Bonchev–Trinajstić information content (AvgIpc) is 2.91. The quantitative estimate of drug-likeness (QED) is 0.746. The molecule has 3 aromatic rings. The van der Waals surface area contributed by atoms with E-state index in [0.29, 0.717) is 5.56 Å². The summed E-state index contributed by atoms with van der Waals surface area (Å²) in [5.74, 6) is -0.126. The van der Waals surface area contributed by atoms with E-state index >= 15 is 0 Å². The van der Waals surface area contributed by atoms with Crippen molar-refractivity contribution in [3.63, 3.8) is 0 Å². The van der Waals surface area contributed by atoms with Crippen LogP contribution in [0.5, 0.6) is 0 Å². The zero-order chi connectivity index (χ0) is 14.7. The smallest absolute Gasteiger partial charge is 0.244 e. The van der Waals surface area contributed by atoms with Gasteiger partial charge in [-0.3, -0.25) is 9.59 Å². The van der Waals surface area contributed by atoms with Gasteiger partial charge in [-0.05, 0) is 24.3 Å². The van der Waals surface area contributed by atoms with Gasteiger partial charge in [0, 0.05) is 22.8 Å². The predicted octanol–water partition coefficient (Wildman–Crippen LogP) is 3.09. The Morgan fingerprint density at radius 2 is 1.86 bits per heavy atom. The number of carbonyl (C=O) groups is 2. The molecule has 1 heterocycles. The van der Waals surface area contributed by atoms with Crippen molar-refractivity contribution in [1.29, 1.82) is 0 Å².